The number of hydrogen-bond acceptors (Lipinski definition) is 2. The summed E-state index contributed by atoms with van der Waals surface area (Å²) in [6.45, 7) is 5.94. The van der Waals surface area contributed by atoms with E-state index < -0.39 is 0 Å². The first-order valence-corrected chi connectivity index (χ1v) is 7.44. The average molecular weight is 348 g/mol. The summed E-state index contributed by atoms with van der Waals surface area (Å²) in [5, 5.41) is 2.95. The highest BCUT2D eigenvalue weighted by Crippen LogP contribution is 2.28. The number of halogens is 1. The van der Waals surface area contributed by atoms with Crippen molar-refractivity contribution in [2.45, 2.75) is 20.8 Å². The van der Waals surface area contributed by atoms with E-state index in [9.17, 15) is 4.79 Å². The molecule has 2 aromatic carbocycles. The first kappa shape index (κ1) is 15.6. The number of methoxy groups -OCH3 is 1. The molecule has 0 saturated carbocycles. The molecule has 0 aliphatic rings. The summed E-state index contributed by atoms with van der Waals surface area (Å²) in [5.41, 5.74) is 4.54. The maximum absolute atomic E-state index is 12.4. The third-order valence-electron chi connectivity index (χ3n) is 3.34. The summed E-state index contributed by atoms with van der Waals surface area (Å²) in [4.78, 5) is 12.4. The third-order valence-corrected chi connectivity index (χ3v) is 3.97. The molecule has 0 heterocycles. The van der Waals surface area contributed by atoms with Crippen LogP contribution >= 0.6 is 15.9 Å². The standard InChI is InChI=1S/C17H18BrNO2/c1-10-7-12(3)16(14(18)8-10)19-17(20)13-6-5-11(2)15(9-13)21-4/h5-9H,1-4H3,(H,19,20). The molecule has 110 valence electrons. The average Bonchev–Trinajstić information content (AvgIpc) is 2.43. The van der Waals surface area contributed by atoms with Gasteiger partial charge in [0, 0.05) is 10.0 Å². The molecule has 4 heteroatoms. The van der Waals surface area contributed by atoms with E-state index in [4.69, 9.17) is 4.74 Å². The lowest BCUT2D eigenvalue weighted by Crippen LogP contribution is -2.13. The molecule has 0 spiro atoms. The SMILES string of the molecule is COc1cc(C(=O)Nc2c(C)cc(C)cc2Br)ccc1C. The van der Waals surface area contributed by atoms with Gasteiger partial charge in [-0.15, -0.1) is 0 Å². The zero-order valence-electron chi connectivity index (χ0n) is 12.6. The molecule has 21 heavy (non-hydrogen) atoms. The van der Waals surface area contributed by atoms with Gasteiger partial charge >= 0.3 is 0 Å². The van der Waals surface area contributed by atoms with Crippen LogP contribution in [0.15, 0.2) is 34.8 Å². The van der Waals surface area contributed by atoms with Crippen LogP contribution in [0, 0.1) is 20.8 Å². The Kier molecular flexibility index (Phi) is 4.68. The third kappa shape index (κ3) is 3.45. The van der Waals surface area contributed by atoms with Crippen molar-refractivity contribution in [3.05, 3.63) is 57.1 Å². The van der Waals surface area contributed by atoms with Gasteiger partial charge in [-0.1, -0.05) is 12.1 Å². The van der Waals surface area contributed by atoms with Crippen molar-refractivity contribution in [3.8, 4) is 5.75 Å². The second kappa shape index (κ2) is 6.31. The van der Waals surface area contributed by atoms with E-state index in [0.717, 1.165) is 26.9 Å². The monoisotopic (exact) mass is 347 g/mol. The normalized spacial score (nSPS) is 10.3. The van der Waals surface area contributed by atoms with Gasteiger partial charge in [0.05, 0.1) is 12.8 Å². The van der Waals surface area contributed by atoms with Crippen LogP contribution in [-0.2, 0) is 0 Å². The zero-order valence-corrected chi connectivity index (χ0v) is 14.2. The van der Waals surface area contributed by atoms with Gasteiger partial charge in [-0.2, -0.15) is 0 Å². The van der Waals surface area contributed by atoms with E-state index in [1.807, 2.05) is 39.0 Å². The number of carbonyl (C=O) groups excluding carboxylic acids is 1. The molecule has 0 saturated heterocycles. The van der Waals surface area contributed by atoms with Gasteiger partial charge in [-0.3, -0.25) is 4.79 Å². The van der Waals surface area contributed by atoms with Gasteiger partial charge in [-0.25, -0.2) is 0 Å². The highest BCUT2D eigenvalue weighted by Gasteiger charge is 2.12. The predicted octanol–water partition coefficient (Wildman–Crippen LogP) is 4.64. The van der Waals surface area contributed by atoms with Crippen LogP contribution in [0.3, 0.4) is 0 Å². The summed E-state index contributed by atoms with van der Waals surface area (Å²) >= 11 is 3.50. The van der Waals surface area contributed by atoms with Gasteiger partial charge in [0.1, 0.15) is 5.75 Å². The minimum absolute atomic E-state index is 0.152. The summed E-state index contributed by atoms with van der Waals surface area (Å²) in [6.07, 6.45) is 0. The lowest BCUT2D eigenvalue weighted by Gasteiger charge is -2.13. The van der Waals surface area contributed by atoms with Gasteiger partial charge in [0.25, 0.3) is 5.91 Å². The second-order valence-electron chi connectivity index (χ2n) is 5.08. The summed E-state index contributed by atoms with van der Waals surface area (Å²) in [6, 6.07) is 9.45. The van der Waals surface area contributed by atoms with Crippen molar-refractivity contribution in [1.29, 1.82) is 0 Å². The number of aryl methyl sites for hydroxylation is 3. The van der Waals surface area contributed by atoms with E-state index >= 15 is 0 Å². The van der Waals surface area contributed by atoms with Crippen molar-refractivity contribution in [3.63, 3.8) is 0 Å². The van der Waals surface area contributed by atoms with Crippen molar-refractivity contribution in [1.82, 2.24) is 0 Å². The summed E-state index contributed by atoms with van der Waals surface area (Å²) in [7, 11) is 1.60. The van der Waals surface area contributed by atoms with Gasteiger partial charge in [0.15, 0.2) is 0 Å². The minimum Gasteiger partial charge on any atom is -0.496 e. The van der Waals surface area contributed by atoms with Crippen LogP contribution in [-0.4, -0.2) is 13.0 Å². The zero-order chi connectivity index (χ0) is 15.6. The first-order valence-electron chi connectivity index (χ1n) is 6.65. The topological polar surface area (TPSA) is 38.3 Å². The molecule has 0 atom stereocenters. The number of benzene rings is 2. The van der Waals surface area contributed by atoms with Crippen LogP contribution in [0.25, 0.3) is 0 Å². The molecule has 0 aliphatic heterocycles. The molecule has 1 amide bonds. The Morgan fingerprint density at radius 1 is 1.10 bits per heavy atom. The van der Waals surface area contributed by atoms with Crippen LogP contribution in [0.1, 0.15) is 27.0 Å². The lowest BCUT2D eigenvalue weighted by atomic mass is 10.1. The fraction of sp³-hybridized carbons (Fsp3) is 0.235. The lowest BCUT2D eigenvalue weighted by molar-refractivity contribution is 0.102. The molecular formula is C17H18BrNO2. The molecule has 2 rings (SSSR count). The largest absolute Gasteiger partial charge is 0.496 e. The number of carbonyl (C=O) groups is 1. The van der Waals surface area contributed by atoms with Gasteiger partial charge in [-0.05, 0) is 71.6 Å². The number of ether oxygens (including phenoxy) is 1. The molecule has 0 radical (unpaired) electrons. The first-order chi connectivity index (χ1) is 9.92. The van der Waals surface area contributed by atoms with Crippen molar-refractivity contribution < 1.29 is 9.53 Å². The van der Waals surface area contributed by atoms with Crippen molar-refractivity contribution in [2.24, 2.45) is 0 Å². The number of rotatable bonds is 3. The molecule has 3 nitrogen and oxygen atoms in total. The Bertz CT molecular complexity index is 672. The van der Waals surface area contributed by atoms with E-state index in [1.165, 1.54) is 0 Å². The van der Waals surface area contributed by atoms with Crippen LogP contribution < -0.4 is 10.1 Å². The Morgan fingerprint density at radius 3 is 2.43 bits per heavy atom. The molecule has 0 fully saturated rings. The Balaban J connectivity index is 2.30. The van der Waals surface area contributed by atoms with Crippen LogP contribution in [0.2, 0.25) is 0 Å². The quantitative estimate of drug-likeness (QED) is 0.878. The molecule has 0 aromatic heterocycles. The maximum atomic E-state index is 12.4. The summed E-state index contributed by atoms with van der Waals surface area (Å²) < 4.78 is 6.14. The van der Waals surface area contributed by atoms with Crippen LogP contribution in [0.5, 0.6) is 5.75 Å². The predicted molar refractivity (Wildman–Crippen MR) is 89.3 cm³/mol. The van der Waals surface area contributed by atoms with Gasteiger partial charge < -0.3 is 10.1 Å². The molecule has 0 aliphatic carbocycles. The molecule has 2 aromatic rings. The Morgan fingerprint density at radius 2 is 1.81 bits per heavy atom. The smallest absolute Gasteiger partial charge is 0.255 e. The Hall–Kier alpha value is -1.81. The number of amides is 1. The maximum Gasteiger partial charge on any atom is 0.255 e. The molecular weight excluding hydrogens is 330 g/mol. The number of anilines is 1. The Labute approximate surface area is 133 Å². The van der Waals surface area contributed by atoms with Gasteiger partial charge in [0.2, 0.25) is 0 Å². The van der Waals surface area contributed by atoms with E-state index in [1.54, 1.807) is 19.2 Å². The fourth-order valence-corrected chi connectivity index (χ4v) is 2.99. The molecule has 0 unspecified atom stereocenters. The van der Waals surface area contributed by atoms with E-state index in [-0.39, 0.29) is 5.91 Å². The number of hydrogen-bond donors (Lipinski definition) is 1. The van der Waals surface area contributed by atoms with Crippen LogP contribution in [0.4, 0.5) is 5.69 Å². The van der Waals surface area contributed by atoms with E-state index in [0.29, 0.717) is 11.3 Å². The van der Waals surface area contributed by atoms with Crippen molar-refractivity contribution in [2.75, 3.05) is 12.4 Å². The molecule has 1 N–H and O–H groups in total. The highest BCUT2D eigenvalue weighted by molar-refractivity contribution is 9.10. The number of nitrogens with one attached hydrogen (secondary N) is 1. The van der Waals surface area contributed by atoms with E-state index in [2.05, 4.69) is 21.2 Å². The summed E-state index contributed by atoms with van der Waals surface area (Å²) in [5.74, 6) is 0.559. The van der Waals surface area contributed by atoms with Crippen molar-refractivity contribution >= 4 is 27.5 Å². The highest BCUT2D eigenvalue weighted by atomic mass is 79.9. The minimum atomic E-state index is -0.152. The fourth-order valence-electron chi connectivity index (χ4n) is 2.22. The second-order valence-corrected chi connectivity index (χ2v) is 5.93. The molecule has 0 bridgehead atoms.